The lowest BCUT2D eigenvalue weighted by Crippen LogP contribution is -2.14. The molecule has 1 aromatic rings. The van der Waals surface area contributed by atoms with Gasteiger partial charge in [-0.25, -0.2) is 13.2 Å². The first kappa shape index (κ1) is 15.7. The van der Waals surface area contributed by atoms with Crippen LogP contribution in [-0.4, -0.2) is 38.5 Å². The van der Waals surface area contributed by atoms with Gasteiger partial charge < -0.3 is 9.84 Å². The van der Waals surface area contributed by atoms with E-state index in [0.717, 1.165) is 0 Å². The molecule has 1 aromatic carbocycles. The summed E-state index contributed by atoms with van der Waals surface area (Å²) in [5.41, 5.74) is 0.0648. The van der Waals surface area contributed by atoms with Crippen LogP contribution in [0.4, 0.5) is 0 Å². The summed E-state index contributed by atoms with van der Waals surface area (Å²) in [4.78, 5) is 10.8. The first-order valence-corrected chi connectivity index (χ1v) is 7.62. The Morgan fingerprint density at radius 1 is 1.26 bits per heavy atom. The maximum absolute atomic E-state index is 11.9. The van der Waals surface area contributed by atoms with Crippen LogP contribution in [0.1, 0.15) is 24.2 Å². The van der Waals surface area contributed by atoms with E-state index in [4.69, 9.17) is 9.84 Å². The molecule has 0 aliphatic rings. The molecule has 5 nitrogen and oxygen atoms in total. The van der Waals surface area contributed by atoms with E-state index in [0.29, 0.717) is 12.5 Å². The van der Waals surface area contributed by atoms with Gasteiger partial charge in [-0.1, -0.05) is 13.8 Å². The summed E-state index contributed by atoms with van der Waals surface area (Å²) in [6, 6.07) is 5.18. The van der Waals surface area contributed by atoms with Crippen molar-refractivity contribution in [3.63, 3.8) is 0 Å². The van der Waals surface area contributed by atoms with E-state index in [2.05, 4.69) is 0 Å². The van der Waals surface area contributed by atoms with Crippen LogP contribution in [0.3, 0.4) is 0 Å². The highest BCUT2D eigenvalue weighted by molar-refractivity contribution is 7.91. The summed E-state index contributed by atoms with van der Waals surface area (Å²) in [5.74, 6) is -0.826. The van der Waals surface area contributed by atoms with Crippen molar-refractivity contribution in [3.8, 4) is 0 Å². The molecule has 0 heterocycles. The molecule has 0 unspecified atom stereocenters. The van der Waals surface area contributed by atoms with E-state index < -0.39 is 15.8 Å². The third kappa shape index (κ3) is 5.00. The van der Waals surface area contributed by atoms with Crippen molar-refractivity contribution in [1.82, 2.24) is 0 Å². The lowest BCUT2D eigenvalue weighted by Gasteiger charge is -2.08. The molecule has 0 aliphatic heterocycles. The van der Waals surface area contributed by atoms with Crippen molar-refractivity contribution in [2.45, 2.75) is 18.7 Å². The van der Waals surface area contributed by atoms with Gasteiger partial charge in [0, 0.05) is 6.61 Å². The maximum Gasteiger partial charge on any atom is 0.335 e. The van der Waals surface area contributed by atoms with E-state index in [1.165, 1.54) is 24.3 Å². The highest BCUT2D eigenvalue weighted by Gasteiger charge is 2.15. The van der Waals surface area contributed by atoms with Gasteiger partial charge in [-0.05, 0) is 30.2 Å². The zero-order chi connectivity index (χ0) is 14.5. The average Bonchev–Trinajstić information content (AvgIpc) is 2.34. The molecule has 0 fully saturated rings. The number of aromatic carboxylic acids is 1. The highest BCUT2D eigenvalue weighted by Crippen LogP contribution is 2.12. The molecular formula is C13H18O5S. The van der Waals surface area contributed by atoms with Crippen LogP contribution in [-0.2, 0) is 14.6 Å². The molecule has 1 rings (SSSR count). The molecule has 0 radical (unpaired) electrons. The van der Waals surface area contributed by atoms with Crippen LogP contribution in [0.25, 0.3) is 0 Å². The van der Waals surface area contributed by atoms with Crippen LogP contribution in [0.15, 0.2) is 29.2 Å². The molecule has 0 saturated heterocycles. The van der Waals surface area contributed by atoms with Crippen LogP contribution in [0.5, 0.6) is 0 Å². The van der Waals surface area contributed by atoms with Crippen molar-refractivity contribution < 1.29 is 23.1 Å². The minimum atomic E-state index is -3.42. The lowest BCUT2D eigenvalue weighted by atomic mass is 10.2. The normalized spacial score (nSPS) is 11.7. The smallest absolute Gasteiger partial charge is 0.335 e. The van der Waals surface area contributed by atoms with Gasteiger partial charge in [0.1, 0.15) is 0 Å². The Hall–Kier alpha value is -1.40. The lowest BCUT2D eigenvalue weighted by molar-refractivity contribution is 0.0696. The van der Waals surface area contributed by atoms with Crippen molar-refractivity contribution in [1.29, 1.82) is 0 Å². The first-order valence-electron chi connectivity index (χ1n) is 5.97. The van der Waals surface area contributed by atoms with Crippen molar-refractivity contribution in [2.24, 2.45) is 5.92 Å². The molecule has 0 amide bonds. The fraction of sp³-hybridized carbons (Fsp3) is 0.462. The van der Waals surface area contributed by atoms with Crippen molar-refractivity contribution in [3.05, 3.63) is 29.8 Å². The van der Waals surface area contributed by atoms with Gasteiger partial charge in [0.15, 0.2) is 9.84 Å². The zero-order valence-electron chi connectivity index (χ0n) is 11.0. The summed E-state index contributed by atoms with van der Waals surface area (Å²) < 4.78 is 29.1. The average molecular weight is 286 g/mol. The molecule has 0 bridgehead atoms. The SMILES string of the molecule is CC(C)COCCS(=O)(=O)c1ccc(C(=O)O)cc1. The monoisotopic (exact) mass is 286 g/mol. The van der Waals surface area contributed by atoms with E-state index in [1.807, 2.05) is 13.8 Å². The van der Waals surface area contributed by atoms with Crippen LogP contribution < -0.4 is 0 Å². The Labute approximate surface area is 113 Å². The molecule has 106 valence electrons. The number of hydrogen-bond donors (Lipinski definition) is 1. The second-order valence-electron chi connectivity index (χ2n) is 4.62. The van der Waals surface area contributed by atoms with Gasteiger partial charge in [0.2, 0.25) is 0 Å². The van der Waals surface area contributed by atoms with Gasteiger partial charge in [-0.3, -0.25) is 0 Å². The quantitative estimate of drug-likeness (QED) is 0.773. The minimum Gasteiger partial charge on any atom is -0.478 e. The van der Waals surface area contributed by atoms with Crippen LogP contribution >= 0.6 is 0 Å². The summed E-state index contributed by atoms with van der Waals surface area (Å²) in [5, 5.41) is 8.73. The van der Waals surface area contributed by atoms with Crippen LogP contribution in [0, 0.1) is 5.92 Å². The fourth-order valence-corrected chi connectivity index (χ4v) is 2.53. The predicted molar refractivity (Wildman–Crippen MR) is 71.1 cm³/mol. The Balaban J connectivity index is 2.64. The molecule has 0 aliphatic carbocycles. The Kier molecular flexibility index (Phi) is 5.50. The summed E-state index contributed by atoms with van der Waals surface area (Å²) >= 11 is 0. The number of benzene rings is 1. The molecule has 6 heteroatoms. The van der Waals surface area contributed by atoms with Crippen molar-refractivity contribution >= 4 is 15.8 Å². The van der Waals surface area contributed by atoms with Gasteiger partial charge >= 0.3 is 5.97 Å². The largest absolute Gasteiger partial charge is 0.478 e. The molecule has 0 saturated carbocycles. The molecular weight excluding hydrogens is 268 g/mol. The topological polar surface area (TPSA) is 80.7 Å². The second kappa shape index (κ2) is 6.68. The Bertz CT molecular complexity index is 516. The number of sulfone groups is 1. The van der Waals surface area contributed by atoms with Crippen molar-refractivity contribution in [2.75, 3.05) is 19.0 Å². The third-order valence-electron chi connectivity index (χ3n) is 2.41. The summed E-state index contributed by atoms with van der Waals surface area (Å²) in [7, 11) is -3.42. The van der Waals surface area contributed by atoms with Crippen LogP contribution in [0.2, 0.25) is 0 Å². The highest BCUT2D eigenvalue weighted by atomic mass is 32.2. The summed E-state index contributed by atoms with van der Waals surface area (Å²) in [6.45, 7) is 4.63. The molecule has 19 heavy (non-hydrogen) atoms. The molecule has 0 spiro atoms. The third-order valence-corrected chi connectivity index (χ3v) is 4.10. The predicted octanol–water partition coefficient (Wildman–Crippen LogP) is 1.83. The molecule has 1 N–H and O–H groups in total. The number of hydrogen-bond acceptors (Lipinski definition) is 4. The molecule has 0 atom stereocenters. The number of carboxylic acids is 1. The van der Waals surface area contributed by atoms with E-state index >= 15 is 0 Å². The van der Waals surface area contributed by atoms with Gasteiger partial charge in [-0.2, -0.15) is 0 Å². The Morgan fingerprint density at radius 2 is 1.84 bits per heavy atom. The minimum absolute atomic E-state index is 0.0648. The first-order chi connectivity index (χ1) is 8.83. The number of ether oxygens (including phenoxy) is 1. The van der Waals surface area contributed by atoms with E-state index in [-0.39, 0.29) is 22.8 Å². The maximum atomic E-state index is 11.9. The number of carbonyl (C=O) groups is 1. The van der Waals surface area contributed by atoms with E-state index in [9.17, 15) is 13.2 Å². The van der Waals surface area contributed by atoms with Gasteiger partial charge in [0.05, 0.1) is 22.8 Å². The second-order valence-corrected chi connectivity index (χ2v) is 6.73. The van der Waals surface area contributed by atoms with E-state index in [1.54, 1.807) is 0 Å². The fourth-order valence-electron chi connectivity index (χ4n) is 1.41. The molecule has 0 aromatic heterocycles. The van der Waals surface area contributed by atoms with Gasteiger partial charge in [-0.15, -0.1) is 0 Å². The number of carboxylic acid groups (broad SMARTS) is 1. The standard InChI is InChI=1S/C13H18O5S/c1-10(2)9-18-7-8-19(16,17)12-5-3-11(4-6-12)13(14)15/h3-6,10H,7-9H2,1-2H3,(H,14,15). The number of rotatable bonds is 7. The van der Waals surface area contributed by atoms with Gasteiger partial charge in [0.25, 0.3) is 0 Å². The summed E-state index contributed by atoms with van der Waals surface area (Å²) in [6.07, 6.45) is 0. The Morgan fingerprint density at radius 3 is 2.32 bits per heavy atom. The zero-order valence-corrected chi connectivity index (χ0v) is 11.8.